The summed E-state index contributed by atoms with van der Waals surface area (Å²) in [6, 6.07) is 85.5. The van der Waals surface area contributed by atoms with Crippen molar-refractivity contribution < 1.29 is 4.42 Å². The minimum atomic E-state index is 0.901. The monoisotopic (exact) mass is 789 g/mol. The molecule has 2 nitrogen and oxygen atoms in total. The Labute approximate surface area is 360 Å². The minimum Gasteiger partial charge on any atom is -0.455 e. The van der Waals surface area contributed by atoms with E-state index in [4.69, 9.17) is 4.42 Å². The highest BCUT2D eigenvalue weighted by Crippen LogP contribution is 2.48. The van der Waals surface area contributed by atoms with Crippen LogP contribution in [0.4, 0.5) is 17.1 Å². The third-order valence-corrected chi connectivity index (χ3v) is 12.5. The van der Waals surface area contributed by atoms with Crippen LogP contribution in [-0.4, -0.2) is 0 Å². The lowest BCUT2D eigenvalue weighted by Crippen LogP contribution is -2.11. The van der Waals surface area contributed by atoms with Crippen LogP contribution in [0, 0.1) is 0 Å². The van der Waals surface area contributed by atoms with Gasteiger partial charge in [0, 0.05) is 33.1 Å². The normalized spacial score (nSPS) is 11.5. The van der Waals surface area contributed by atoms with E-state index >= 15 is 0 Å². The number of furan rings is 1. The van der Waals surface area contributed by atoms with Crippen molar-refractivity contribution in [1.82, 2.24) is 0 Å². The quantitative estimate of drug-likeness (QED) is 0.150. The molecular weight excluding hydrogens is 751 g/mol. The number of para-hydroxylation sites is 2. The van der Waals surface area contributed by atoms with Crippen LogP contribution >= 0.6 is 0 Å². The molecule has 1 heterocycles. The summed E-state index contributed by atoms with van der Waals surface area (Å²) < 4.78 is 6.50. The highest BCUT2D eigenvalue weighted by atomic mass is 16.3. The van der Waals surface area contributed by atoms with E-state index in [1.807, 2.05) is 12.1 Å². The molecule has 2 heteroatoms. The van der Waals surface area contributed by atoms with Gasteiger partial charge in [0.15, 0.2) is 0 Å². The van der Waals surface area contributed by atoms with Crippen molar-refractivity contribution in [2.24, 2.45) is 0 Å². The van der Waals surface area contributed by atoms with Crippen molar-refractivity contribution in [3.8, 4) is 44.5 Å². The molecule has 0 aliphatic rings. The maximum atomic E-state index is 6.50. The third kappa shape index (κ3) is 5.88. The molecule has 12 rings (SSSR count). The van der Waals surface area contributed by atoms with Crippen LogP contribution < -0.4 is 4.90 Å². The van der Waals surface area contributed by atoms with Gasteiger partial charge in [0.25, 0.3) is 0 Å². The number of nitrogens with zero attached hydrogens (tertiary/aromatic N) is 1. The maximum Gasteiger partial charge on any atom is 0.143 e. The fraction of sp³-hybridized carbons (Fsp3) is 0. The molecule has 0 saturated heterocycles. The van der Waals surface area contributed by atoms with Crippen molar-refractivity contribution in [1.29, 1.82) is 0 Å². The summed E-state index contributed by atoms with van der Waals surface area (Å²) in [5.74, 6) is 0. The van der Waals surface area contributed by atoms with Gasteiger partial charge < -0.3 is 9.32 Å². The Bertz CT molecular complexity index is 3610. The maximum absolute atomic E-state index is 6.50. The number of anilines is 3. The van der Waals surface area contributed by atoms with E-state index in [0.29, 0.717) is 0 Å². The average Bonchev–Trinajstić information content (AvgIpc) is 3.74. The molecule has 0 N–H and O–H groups in total. The molecule has 0 aliphatic heterocycles. The van der Waals surface area contributed by atoms with E-state index in [1.54, 1.807) is 0 Å². The summed E-state index contributed by atoms with van der Waals surface area (Å²) in [6.45, 7) is 0. The van der Waals surface area contributed by atoms with Gasteiger partial charge in [-0.1, -0.05) is 200 Å². The summed E-state index contributed by atoms with van der Waals surface area (Å²) in [7, 11) is 0. The number of hydrogen-bond donors (Lipinski definition) is 0. The van der Waals surface area contributed by atoms with Gasteiger partial charge in [-0.05, 0) is 102 Å². The Morgan fingerprint density at radius 3 is 1.50 bits per heavy atom. The molecule has 0 atom stereocenters. The average molecular weight is 790 g/mol. The molecule has 0 saturated carbocycles. The zero-order valence-corrected chi connectivity index (χ0v) is 33.9. The lowest BCUT2D eigenvalue weighted by molar-refractivity contribution is 0.670. The molecule has 0 radical (unpaired) electrons. The summed E-state index contributed by atoms with van der Waals surface area (Å²) in [6.07, 6.45) is 0. The first-order valence-electron chi connectivity index (χ1n) is 21.3. The van der Waals surface area contributed by atoms with Crippen molar-refractivity contribution in [3.63, 3.8) is 0 Å². The van der Waals surface area contributed by atoms with E-state index in [1.165, 1.54) is 65.7 Å². The summed E-state index contributed by atoms with van der Waals surface area (Å²) in [4.78, 5) is 2.44. The summed E-state index contributed by atoms with van der Waals surface area (Å²) >= 11 is 0. The van der Waals surface area contributed by atoms with Gasteiger partial charge in [-0.25, -0.2) is 0 Å². The van der Waals surface area contributed by atoms with E-state index in [9.17, 15) is 0 Å². The number of rotatable bonds is 7. The van der Waals surface area contributed by atoms with Crippen molar-refractivity contribution in [2.45, 2.75) is 0 Å². The van der Waals surface area contributed by atoms with E-state index in [2.05, 4.69) is 229 Å². The van der Waals surface area contributed by atoms with Gasteiger partial charge in [0.2, 0.25) is 0 Å². The van der Waals surface area contributed by atoms with Gasteiger partial charge in [-0.15, -0.1) is 0 Å². The van der Waals surface area contributed by atoms with Crippen LogP contribution in [0.5, 0.6) is 0 Å². The van der Waals surface area contributed by atoms with Crippen molar-refractivity contribution >= 4 is 71.3 Å². The van der Waals surface area contributed by atoms with Gasteiger partial charge >= 0.3 is 0 Å². The van der Waals surface area contributed by atoms with Gasteiger partial charge in [-0.3, -0.25) is 0 Å². The number of fused-ring (bicyclic) bond motifs is 7. The van der Waals surface area contributed by atoms with Gasteiger partial charge in [0.05, 0.1) is 5.69 Å². The highest BCUT2D eigenvalue weighted by Gasteiger charge is 2.22. The Balaban J connectivity index is 1.12. The Kier molecular flexibility index (Phi) is 8.53. The van der Waals surface area contributed by atoms with Gasteiger partial charge in [0.1, 0.15) is 11.2 Å². The van der Waals surface area contributed by atoms with Crippen LogP contribution in [0.2, 0.25) is 0 Å². The van der Waals surface area contributed by atoms with Crippen LogP contribution in [0.15, 0.2) is 241 Å². The predicted molar refractivity (Wildman–Crippen MR) is 263 cm³/mol. The Morgan fingerprint density at radius 1 is 0.274 bits per heavy atom. The Hall–Kier alpha value is -8.20. The van der Waals surface area contributed by atoms with E-state index in [0.717, 1.165) is 50.1 Å². The molecule has 11 aromatic carbocycles. The molecule has 12 aromatic rings. The van der Waals surface area contributed by atoms with E-state index < -0.39 is 0 Å². The second kappa shape index (κ2) is 14.8. The molecular formula is C60H39NO. The third-order valence-electron chi connectivity index (χ3n) is 12.5. The largest absolute Gasteiger partial charge is 0.455 e. The van der Waals surface area contributed by atoms with Crippen LogP contribution in [0.1, 0.15) is 0 Å². The molecule has 0 spiro atoms. The second-order valence-electron chi connectivity index (χ2n) is 16.0. The zero-order chi connectivity index (χ0) is 41.0. The molecule has 0 fully saturated rings. The zero-order valence-electron chi connectivity index (χ0n) is 33.9. The lowest BCUT2D eigenvalue weighted by Gasteiger charge is -2.29. The first kappa shape index (κ1) is 35.7. The molecule has 0 aliphatic carbocycles. The van der Waals surface area contributed by atoms with Gasteiger partial charge in [-0.2, -0.15) is 0 Å². The van der Waals surface area contributed by atoms with Crippen LogP contribution in [0.3, 0.4) is 0 Å². The molecule has 290 valence electrons. The SMILES string of the molecule is c1ccc(-c2ccc(N(c3ccc(-c4cccc5c4oc4ccccc45)cc3)c3ccc4c(c3)c(-c3ccccc3)c(-c3ccccc3)c3ccccc34)c3ccccc23)cc1. The Morgan fingerprint density at radius 2 is 0.790 bits per heavy atom. The smallest absolute Gasteiger partial charge is 0.143 e. The molecule has 1 aromatic heterocycles. The molecule has 0 unspecified atom stereocenters. The van der Waals surface area contributed by atoms with Crippen LogP contribution in [0.25, 0.3) is 98.8 Å². The molecule has 0 bridgehead atoms. The fourth-order valence-corrected chi connectivity index (χ4v) is 9.67. The van der Waals surface area contributed by atoms with Crippen molar-refractivity contribution in [3.05, 3.63) is 237 Å². The minimum absolute atomic E-state index is 0.901. The summed E-state index contributed by atoms with van der Waals surface area (Å²) in [5.41, 5.74) is 14.5. The lowest BCUT2D eigenvalue weighted by atomic mass is 9.85. The first-order valence-corrected chi connectivity index (χ1v) is 21.3. The summed E-state index contributed by atoms with van der Waals surface area (Å²) in [5, 5.41) is 9.55. The van der Waals surface area contributed by atoms with Crippen LogP contribution in [-0.2, 0) is 0 Å². The topological polar surface area (TPSA) is 16.4 Å². The van der Waals surface area contributed by atoms with Crippen molar-refractivity contribution in [2.75, 3.05) is 4.90 Å². The van der Waals surface area contributed by atoms with E-state index in [-0.39, 0.29) is 0 Å². The number of benzene rings is 11. The first-order chi connectivity index (χ1) is 30.8. The second-order valence-corrected chi connectivity index (χ2v) is 16.0. The standard InChI is InChI=1S/C60H39NO/c1-4-17-40(18-5-1)46-37-38-56(51-25-12-10-23-48(46)51)61(44-33-31-41(32-34-44)47-28-16-29-54-52-26-14-15-30-57(52)62-60(47)54)45-35-36-50-49-24-11-13-27-53(49)58(42-19-6-2-7-20-42)59(55(50)39-45)43-21-8-3-9-22-43/h1-39H. The molecule has 62 heavy (non-hydrogen) atoms. The molecule has 0 amide bonds. The fourth-order valence-electron chi connectivity index (χ4n) is 9.67. The number of hydrogen-bond acceptors (Lipinski definition) is 2. The predicted octanol–water partition coefficient (Wildman–Crippen LogP) is 17.2. The highest BCUT2D eigenvalue weighted by molar-refractivity contribution is 6.22.